The highest BCUT2D eigenvalue weighted by atomic mass is 16.5. The number of nitrogens with one attached hydrogen (secondary N) is 1. The molecule has 0 heterocycles. The third-order valence-electron chi connectivity index (χ3n) is 9.98. The van der Waals surface area contributed by atoms with Crippen molar-refractivity contribution in [1.29, 1.82) is 0 Å². The van der Waals surface area contributed by atoms with Crippen molar-refractivity contribution >= 4 is 11.9 Å². The lowest BCUT2D eigenvalue weighted by atomic mass is 10.0. The predicted octanol–water partition coefficient (Wildman–Crippen LogP) is 12.4. The molecule has 0 aliphatic heterocycles. The summed E-state index contributed by atoms with van der Waals surface area (Å²) >= 11 is 0. The monoisotopic (exact) mass is 720 g/mol. The van der Waals surface area contributed by atoms with Crippen LogP contribution in [0.5, 0.6) is 0 Å². The molecule has 0 saturated heterocycles. The van der Waals surface area contributed by atoms with Gasteiger partial charge in [0.05, 0.1) is 25.2 Å². The van der Waals surface area contributed by atoms with Crippen molar-refractivity contribution in [2.75, 3.05) is 6.61 Å². The number of carbonyl (C=O) groups is 2. The van der Waals surface area contributed by atoms with Crippen LogP contribution < -0.4 is 5.32 Å². The van der Waals surface area contributed by atoms with Crippen LogP contribution in [-0.2, 0) is 14.3 Å². The summed E-state index contributed by atoms with van der Waals surface area (Å²) in [6.07, 6.45) is 42.4. The maximum atomic E-state index is 13.1. The van der Waals surface area contributed by atoms with E-state index >= 15 is 0 Å². The average Bonchev–Trinajstić information content (AvgIpc) is 3.12. The Bertz CT molecular complexity index is 812. The number of hydrogen-bond acceptors (Lipinski definition) is 5. The van der Waals surface area contributed by atoms with Gasteiger partial charge >= 0.3 is 5.97 Å². The molecular weight excluding hydrogens is 634 g/mol. The van der Waals surface area contributed by atoms with Crippen molar-refractivity contribution in [2.24, 2.45) is 0 Å². The minimum Gasteiger partial charge on any atom is -0.462 e. The van der Waals surface area contributed by atoms with E-state index in [4.69, 9.17) is 4.74 Å². The van der Waals surface area contributed by atoms with Crippen LogP contribution in [0.1, 0.15) is 226 Å². The number of aliphatic hydroxyl groups is 2. The van der Waals surface area contributed by atoms with Gasteiger partial charge in [0, 0.05) is 6.42 Å². The molecule has 1 amide bonds. The van der Waals surface area contributed by atoms with Gasteiger partial charge in [0.2, 0.25) is 5.91 Å². The van der Waals surface area contributed by atoms with Crippen LogP contribution in [0.2, 0.25) is 0 Å². The van der Waals surface area contributed by atoms with E-state index in [9.17, 15) is 19.8 Å². The molecular formula is C45H85NO5. The Morgan fingerprint density at radius 3 is 1.55 bits per heavy atom. The molecule has 51 heavy (non-hydrogen) atoms. The molecule has 0 aromatic carbocycles. The normalized spacial score (nSPS) is 13.6. The molecule has 3 N–H and O–H groups in total. The van der Waals surface area contributed by atoms with E-state index in [-0.39, 0.29) is 24.9 Å². The molecule has 3 unspecified atom stereocenters. The van der Waals surface area contributed by atoms with Crippen LogP contribution in [0.15, 0.2) is 24.3 Å². The van der Waals surface area contributed by atoms with Gasteiger partial charge in [-0.2, -0.15) is 0 Å². The Balaban J connectivity index is 4.53. The van der Waals surface area contributed by atoms with E-state index in [1.165, 1.54) is 96.3 Å². The molecule has 0 saturated carbocycles. The maximum Gasteiger partial charge on any atom is 0.306 e. The molecule has 6 nitrogen and oxygen atoms in total. The summed E-state index contributed by atoms with van der Waals surface area (Å²) in [7, 11) is 0. The average molecular weight is 720 g/mol. The van der Waals surface area contributed by atoms with Gasteiger partial charge in [-0.15, -0.1) is 0 Å². The van der Waals surface area contributed by atoms with E-state index < -0.39 is 18.2 Å². The Kier molecular flexibility index (Phi) is 38.3. The van der Waals surface area contributed by atoms with Gasteiger partial charge in [-0.25, -0.2) is 0 Å². The summed E-state index contributed by atoms with van der Waals surface area (Å²) in [6.45, 7) is 6.36. The smallest absolute Gasteiger partial charge is 0.306 e. The van der Waals surface area contributed by atoms with Crippen molar-refractivity contribution < 1.29 is 24.5 Å². The second-order valence-corrected chi connectivity index (χ2v) is 15.1. The summed E-state index contributed by atoms with van der Waals surface area (Å²) in [6, 6.07) is -0.701. The van der Waals surface area contributed by atoms with Gasteiger partial charge in [-0.05, 0) is 64.2 Å². The lowest BCUT2D eigenvalue weighted by Gasteiger charge is -2.24. The third-order valence-corrected chi connectivity index (χ3v) is 9.98. The zero-order valence-corrected chi connectivity index (χ0v) is 34.0. The standard InChI is InChI=1S/C45H85NO5/c1-4-7-10-13-16-19-21-22-23-25-28-31-34-37-43(48)42(40-47)46-44(49)39-41(36-33-30-27-24-18-15-12-9-6-3)51-45(50)38-35-32-29-26-20-17-14-11-8-5-2/h11,14-15,18,41-43,47-48H,4-10,12-13,16-17,19-40H2,1-3H3,(H,46,49)/b14-11-,18-15-. The SMILES string of the molecule is CCC/C=C\CCCCCCCC(=O)OC(CCCCC/C=C\CCCC)CC(=O)NC(CO)C(O)CCCCCCCCCCCCCCC. The van der Waals surface area contributed by atoms with Crippen LogP contribution in [0.3, 0.4) is 0 Å². The fraction of sp³-hybridized carbons (Fsp3) is 0.867. The molecule has 0 aromatic rings. The Hall–Kier alpha value is -1.66. The lowest BCUT2D eigenvalue weighted by molar-refractivity contribution is -0.151. The molecule has 300 valence electrons. The number of ether oxygens (including phenoxy) is 1. The van der Waals surface area contributed by atoms with E-state index in [1.807, 2.05) is 0 Å². The first kappa shape index (κ1) is 49.3. The highest BCUT2D eigenvalue weighted by Crippen LogP contribution is 2.17. The zero-order valence-electron chi connectivity index (χ0n) is 34.0. The molecule has 0 bridgehead atoms. The molecule has 0 radical (unpaired) electrons. The third kappa shape index (κ3) is 35.2. The second-order valence-electron chi connectivity index (χ2n) is 15.1. The fourth-order valence-electron chi connectivity index (χ4n) is 6.59. The van der Waals surface area contributed by atoms with Gasteiger partial charge < -0.3 is 20.3 Å². The minimum atomic E-state index is -0.787. The number of aliphatic hydroxyl groups excluding tert-OH is 2. The molecule has 0 aromatic heterocycles. The highest BCUT2D eigenvalue weighted by Gasteiger charge is 2.24. The highest BCUT2D eigenvalue weighted by molar-refractivity contribution is 5.77. The minimum absolute atomic E-state index is 0.0656. The molecule has 3 atom stereocenters. The van der Waals surface area contributed by atoms with E-state index in [2.05, 4.69) is 50.4 Å². The van der Waals surface area contributed by atoms with Crippen molar-refractivity contribution in [1.82, 2.24) is 5.32 Å². The molecule has 0 fully saturated rings. The van der Waals surface area contributed by atoms with Crippen LogP contribution >= 0.6 is 0 Å². The molecule has 0 rings (SSSR count). The van der Waals surface area contributed by atoms with Crippen LogP contribution in [0.4, 0.5) is 0 Å². The predicted molar refractivity (Wildman–Crippen MR) is 218 cm³/mol. The van der Waals surface area contributed by atoms with Gasteiger partial charge in [-0.1, -0.05) is 173 Å². The number of amides is 1. The van der Waals surface area contributed by atoms with Gasteiger partial charge in [0.15, 0.2) is 0 Å². The fourth-order valence-corrected chi connectivity index (χ4v) is 6.59. The number of allylic oxidation sites excluding steroid dienone is 4. The number of esters is 1. The largest absolute Gasteiger partial charge is 0.462 e. The summed E-state index contributed by atoms with van der Waals surface area (Å²) < 4.78 is 5.86. The van der Waals surface area contributed by atoms with Gasteiger partial charge in [-0.3, -0.25) is 9.59 Å². The Morgan fingerprint density at radius 2 is 1.00 bits per heavy atom. The van der Waals surface area contributed by atoms with E-state index in [1.54, 1.807) is 0 Å². The zero-order chi connectivity index (χ0) is 37.5. The van der Waals surface area contributed by atoms with Crippen molar-refractivity contribution in [3.63, 3.8) is 0 Å². The van der Waals surface area contributed by atoms with E-state index in [0.717, 1.165) is 83.5 Å². The first-order valence-electron chi connectivity index (χ1n) is 22.1. The number of unbranched alkanes of at least 4 members (excludes halogenated alkanes) is 23. The Morgan fingerprint density at radius 1 is 0.549 bits per heavy atom. The van der Waals surface area contributed by atoms with Crippen LogP contribution in [0.25, 0.3) is 0 Å². The first-order valence-corrected chi connectivity index (χ1v) is 22.1. The van der Waals surface area contributed by atoms with Gasteiger partial charge in [0.1, 0.15) is 6.10 Å². The first-order chi connectivity index (χ1) is 25.0. The molecule has 6 heteroatoms. The van der Waals surface area contributed by atoms with Crippen molar-refractivity contribution in [3.05, 3.63) is 24.3 Å². The van der Waals surface area contributed by atoms with Crippen molar-refractivity contribution in [3.8, 4) is 0 Å². The summed E-state index contributed by atoms with van der Waals surface area (Å²) in [5.41, 5.74) is 0. The number of rotatable bonds is 39. The second kappa shape index (κ2) is 39.5. The Labute approximate surface area is 316 Å². The summed E-state index contributed by atoms with van der Waals surface area (Å²) in [5.74, 6) is -0.501. The lowest BCUT2D eigenvalue weighted by Crippen LogP contribution is -2.46. The molecule has 0 aliphatic carbocycles. The summed E-state index contributed by atoms with van der Waals surface area (Å²) in [4.78, 5) is 25.8. The summed E-state index contributed by atoms with van der Waals surface area (Å²) in [5, 5.41) is 23.6. The number of carbonyl (C=O) groups excluding carboxylic acids is 2. The quantitative estimate of drug-likeness (QED) is 0.0334. The van der Waals surface area contributed by atoms with Crippen molar-refractivity contribution in [2.45, 2.75) is 244 Å². The topological polar surface area (TPSA) is 95.9 Å². The van der Waals surface area contributed by atoms with Gasteiger partial charge in [0.25, 0.3) is 0 Å². The number of hydrogen-bond donors (Lipinski definition) is 3. The molecule has 0 spiro atoms. The van der Waals surface area contributed by atoms with Crippen LogP contribution in [0, 0.1) is 0 Å². The van der Waals surface area contributed by atoms with Crippen LogP contribution in [-0.4, -0.2) is 46.9 Å². The molecule has 0 aliphatic rings. The van der Waals surface area contributed by atoms with E-state index in [0.29, 0.717) is 19.3 Å². The maximum absolute atomic E-state index is 13.1.